The number of fused-ring (bicyclic) bond motifs is 3. The van der Waals surface area contributed by atoms with Crippen molar-refractivity contribution in [3.05, 3.63) is 105 Å². The first-order valence-electron chi connectivity index (χ1n) is 10.5. The van der Waals surface area contributed by atoms with Crippen molar-refractivity contribution in [3.8, 4) is 11.5 Å². The second-order valence-corrected chi connectivity index (χ2v) is 11.5. The molecule has 1 nitrogen and oxygen atoms in total. The summed E-state index contributed by atoms with van der Waals surface area (Å²) >= 11 is 2.19. The van der Waals surface area contributed by atoms with Crippen molar-refractivity contribution >= 4 is 33.5 Å². The van der Waals surface area contributed by atoms with Gasteiger partial charge in [0.25, 0.3) is 0 Å². The van der Waals surface area contributed by atoms with E-state index >= 15 is 0 Å². The van der Waals surface area contributed by atoms with Crippen LogP contribution in [0.2, 0.25) is 0 Å². The molecule has 3 unspecified atom stereocenters. The van der Waals surface area contributed by atoms with Gasteiger partial charge < -0.3 is 4.74 Å². The molecule has 0 N–H and O–H groups in total. The van der Waals surface area contributed by atoms with Crippen LogP contribution in [0.1, 0.15) is 17.0 Å². The lowest BCUT2D eigenvalue weighted by molar-refractivity contribution is -0.137. The van der Waals surface area contributed by atoms with Gasteiger partial charge >= 0.3 is 12.4 Å². The summed E-state index contributed by atoms with van der Waals surface area (Å²) in [6.07, 6.45) is -5.57. The van der Waals surface area contributed by atoms with Gasteiger partial charge in [0.05, 0.1) is 27.9 Å². The monoisotopic (exact) mass is 617 g/mol. The zero-order chi connectivity index (χ0) is 25.0. The standard InChI is InChI=1S/C26H16F6IOS/c27-25(28,29)15-1-11-23-21(13-15)22-14-16(26(30,31)32)2-12-24(22)35(23)20-9-7-19(8-10-20)34-18-5-3-17(33)4-6-18/h1-14,21,23H/q+1. The molecule has 3 atom stereocenters. The summed E-state index contributed by atoms with van der Waals surface area (Å²) < 4.78 is 87.3. The van der Waals surface area contributed by atoms with Crippen molar-refractivity contribution in [2.75, 3.05) is 0 Å². The average Bonchev–Trinajstić information content (AvgIpc) is 3.13. The van der Waals surface area contributed by atoms with Crippen molar-refractivity contribution in [1.82, 2.24) is 0 Å². The Morgan fingerprint density at radius 2 is 1.40 bits per heavy atom. The van der Waals surface area contributed by atoms with Gasteiger partial charge in [-0.15, -0.1) is 0 Å². The zero-order valence-corrected chi connectivity index (χ0v) is 20.7. The molecule has 35 heavy (non-hydrogen) atoms. The lowest BCUT2D eigenvalue weighted by atomic mass is 9.88. The molecular weight excluding hydrogens is 601 g/mol. The van der Waals surface area contributed by atoms with E-state index < -0.39 is 45.6 Å². The first-order chi connectivity index (χ1) is 16.5. The third-order valence-corrected chi connectivity index (χ3v) is 9.18. The zero-order valence-electron chi connectivity index (χ0n) is 17.7. The number of ether oxygens (including phenoxy) is 1. The Morgan fingerprint density at radius 3 is 2.00 bits per heavy atom. The smallest absolute Gasteiger partial charge is 0.416 e. The van der Waals surface area contributed by atoms with Crippen LogP contribution in [0.25, 0.3) is 0 Å². The predicted molar refractivity (Wildman–Crippen MR) is 131 cm³/mol. The second-order valence-electron chi connectivity index (χ2n) is 8.08. The Balaban J connectivity index is 1.52. The predicted octanol–water partition coefficient (Wildman–Crippen LogP) is 8.66. The van der Waals surface area contributed by atoms with Crippen LogP contribution < -0.4 is 4.74 Å². The molecule has 0 spiro atoms. The summed E-state index contributed by atoms with van der Waals surface area (Å²) in [5, 5.41) is -0.400. The number of allylic oxidation sites excluding steroid dienone is 3. The molecule has 0 aromatic heterocycles. The second kappa shape index (κ2) is 8.92. The summed E-state index contributed by atoms with van der Waals surface area (Å²) in [6.45, 7) is 0. The summed E-state index contributed by atoms with van der Waals surface area (Å²) in [6, 6.07) is 18.1. The highest BCUT2D eigenvalue weighted by Crippen LogP contribution is 2.51. The average molecular weight is 617 g/mol. The molecule has 1 aliphatic carbocycles. The maximum atomic E-state index is 13.4. The van der Waals surface area contributed by atoms with E-state index in [1.165, 1.54) is 12.1 Å². The minimum absolute atomic E-state index is 0.290. The topological polar surface area (TPSA) is 9.23 Å². The fourth-order valence-corrected chi connectivity index (χ4v) is 7.32. The lowest BCUT2D eigenvalue weighted by Crippen LogP contribution is -2.23. The molecule has 9 heteroatoms. The Hall–Kier alpha value is -2.40. The van der Waals surface area contributed by atoms with Gasteiger partial charge in [-0.05, 0) is 101 Å². The molecule has 0 amide bonds. The van der Waals surface area contributed by atoms with Gasteiger partial charge in [-0.1, -0.05) is 6.08 Å². The van der Waals surface area contributed by atoms with Gasteiger partial charge in [0.1, 0.15) is 11.5 Å². The van der Waals surface area contributed by atoms with Crippen LogP contribution in [-0.2, 0) is 17.1 Å². The fraction of sp³-hybridized carbons (Fsp3) is 0.154. The van der Waals surface area contributed by atoms with E-state index in [0.717, 1.165) is 32.8 Å². The quantitative estimate of drug-likeness (QED) is 0.163. The van der Waals surface area contributed by atoms with E-state index in [9.17, 15) is 26.3 Å². The Labute approximate surface area is 214 Å². The highest BCUT2D eigenvalue weighted by atomic mass is 127. The molecule has 1 aliphatic heterocycles. The highest BCUT2D eigenvalue weighted by Gasteiger charge is 2.52. The maximum Gasteiger partial charge on any atom is 0.416 e. The van der Waals surface area contributed by atoms with Crippen molar-refractivity contribution in [3.63, 3.8) is 0 Å². The molecule has 0 radical (unpaired) electrons. The largest absolute Gasteiger partial charge is 0.457 e. The van der Waals surface area contributed by atoms with Gasteiger partial charge in [-0.3, -0.25) is 0 Å². The number of alkyl halides is 6. The van der Waals surface area contributed by atoms with E-state index in [4.69, 9.17) is 4.74 Å². The van der Waals surface area contributed by atoms with Crippen LogP contribution in [0, 0.1) is 3.57 Å². The molecule has 5 rings (SSSR count). The Morgan fingerprint density at radius 1 is 0.771 bits per heavy atom. The molecule has 0 saturated carbocycles. The van der Waals surface area contributed by atoms with Crippen molar-refractivity contribution in [1.29, 1.82) is 0 Å². The SMILES string of the molecule is FC(F)(F)C1=CC2c3cc(C(F)(F)F)ccc3[S+](c3ccc(Oc4ccc(I)cc4)cc3)C2C=C1. The first-order valence-corrected chi connectivity index (χ1v) is 12.8. The lowest BCUT2D eigenvalue weighted by Gasteiger charge is -2.19. The summed E-state index contributed by atoms with van der Waals surface area (Å²) in [4.78, 5) is 1.45. The maximum absolute atomic E-state index is 13.4. The normalized spacial score (nSPS) is 21.3. The Bertz CT molecular complexity index is 1310. The van der Waals surface area contributed by atoms with Crippen LogP contribution in [-0.4, -0.2) is 11.4 Å². The van der Waals surface area contributed by atoms with Crippen LogP contribution >= 0.6 is 22.6 Å². The molecule has 1 heterocycles. The summed E-state index contributed by atoms with van der Waals surface area (Å²) in [5.41, 5.74) is -1.41. The van der Waals surface area contributed by atoms with Crippen LogP contribution in [0.4, 0.5) is 26.3 Å². The van der Waals surface area contributed by atoms with Crippen LogP contribution in [0.3, 0.4) is 0 Å². The third-order valence-electron chi connectivity index (χ3n) is 5.84. The molecule has 0 saturated heterocycles. The van der Waals surface area contributed by atoms with E-state index in [-0.39, 0.29) is 0 Å². The molecule has 180 valence electrons. The first kappa shape index (κ1) is 24.3. The van der Waals surface area contributed by atoms with Gasteiger partial charge in [-0.2, -0.15) is 26.3 Å². The van der Waals surface area contributed by atoms with Crippen LogP contribution in [0.15, 0.2) is 100 Å². The molecular formula is C26H16F6IOS+. The van der Waals surface area contributed by atoms with Gasteiger partial charge in [0.2, 0.25) is 0 Å². The van der Waals surface area contributed by atoms with E-state index in [1.54, 1.807) is 12.1 Å². The number of hydrogen-bond acceptors (Lipinski definition) is 1. The molecule has 0 fully saturated rings. The molecule has 3 aromatic rings. The number of hydrogen-bond donors (Lipinski definition) is 0. The summed E-state index contributed by atoms with van der Waals surface area (Å²) in [5.74, 6) is 0.451. The molecule has 2 aliphatic rings. The third kappa shape index (κ3) is 4.84. The molecule has 0 bridgehead atoms. The van der Waals surface area contributed by atoms with Crippen molar-refractivity contribution in [2.24, 2.45) is 0 Å². The number of benzene rings is 3. The number of rotatable bonds is 3. The minimum atomic E-state index is -4.58. The minimum Gasteiger partial charge on any atom is -0.457 e. The van der Waals surface area contributed by atoms with Gasteiger partial charge in [-0.25, -0.2) is 0 Å². The highest BCUT2D eigenvalue weighted by molar-refractivity contribution is 14.1. The van der Waals surface area contributed by atoms with Crippen molar-refractivity contribution < 1.29 is 31.1 Å². The van der Waals surface area contributed by atoms with Crippen LogP contribution in [0.5, 0.6) is 11.5 Å². The Kier molecular flexibility index (Phi) is 6.19. The van der Waals surface area contributed by atoms with Gasteiger partial charge in [0.15, 0.2) is 15.0 Å². The van der Waals surface area contributed by atoms with E-state index in [1.807, 2.05) is 36.4 Å². The number of halogens is 7. The summed E-state index contributed by atoms with van der Waals surface area (Å²) in [7, 11) is -0.739. The molecule has 3 aromatic carbocycles. The van der Waals surface area contributed by atoms with E-state index in [0.29, 0.717) is 22.0 Å². The van der Waals surface area contributed by atoms with Gasteiger partial charge in [0, 0.05) is 9.13 Å². The fourth-order valence-electron chi connectivity index (χ4n) is 4.25. The van der Waals surface area contributed by atoms with Crippen molar-refractivity contribution in [2.45, 2.75) is 33.3 Å². The van der Waals surface area contributed by atoms with E-state index in [2.05, 4.69) is 22.6 Å².